The van der Waals surface area contributed by atoms with Gasteiger partial charge in [0.1, 0.15) is 0 Å². The second-order valence-corrected chi connectivity index (χ2v) is 16.2. The molecule has 3 aliphatic carbocycles. The number of aromatic nitrogens is 2. The van der Waals surface area contributed by atoms with Crippen molar-refractivity contribution in [1.82, 2.24) is 9.13 Å². The molecule has 0 N–H and O–H groups in total. The Hall–Kier alpha value is -6.64. The van der Waals surface area contributed by atoms with Gasteiger partial charge >= 0.3 is 0 Å². The summed E-state index contributed by atoms with van der Waals surface area (Å²) in [5.74, 6) is 0.970. The highest BCUT2D eigenvalue weighted by Crippen LogP contribution is 2.61. The molecule has 3 unspecified atom stereocenters. The van der Waals surface area contributed by atoms with E-state index in [0.29, 0.717) is 11.8 Å². The number of allylic oxidation sites excluding steroid dienone is 6. The fraction of sp³-hybridized carbons (Fsp3) is 0.127. The van der Waals surface area contributed by atoms with Crippen molar-refractivity contribution in [1.29, 1.82) is 0 Å². The van der Waals surface area contributed by atoms with Gasteiger partial charge in [0.25, 0.3) is 0 Å². The quantitative estimate of drug-likeness (QED) is 0.156. The van der Waals surface area contributed by atoms with E-state index in [1.54, 1.807) is 5.57 Å². The van der Waals surface area contributed by atoms with Crippen molar-refractivity contribution in [3.8, 4) is 22.5 Å². The summed E-state index contributed by atoms with van der Waals surface area (Å²) in [4.78, 5) is 0. The number of benzene rings is 7. The molecule has 0 bridgehead atoms. The second kappa shape index (κ2) is 12.7. The van der Waals surface area contributed by atoms with Gasteiger partial charge in [-0.25, -0.2) is 0 Å². The topological polar surface area (TPSA) is 9.86 Å². The van der Waals surface area contributed by atoms with E-state index in [1.165, 1.54) is 95.7 Å². The Bertz CT molecular complexity index is 3130. The highest BCUT2D eigenvalue weighted by atomic mass is 15.0. The maximum atomic E-state index is 2.57. The molecule has 0 radical (unpaired) electrons. The van der Waals surface area contributed by atoms with Gasteiger partial charge in [-0.15, -0.1) is 0 Å². The lowest BCUT2D eigenvalue weighted by Crippen LogP contribution is -2.37. The van der Waals surface area contributed by atoms with E-state index in [4.69, 9.17) is 0 Å². The zero-order valence-corrected chi connectivity index (χ0v) is 31.9. The first kappa shape index (κ1) is 32.6. The number of hydrogen-bond donors (Lipinski definition) is 0. The van der Waals surface area contributed by atoms with Crippen LogP contribution < -0.4 is 0 Å². The van der Waals surface area contributed by atoms with Crippen LogP contribution in [0.2, 0.25) is 0 Å². The summed E-state index contributed by atoms with van der Waals surface area (Å²) in [6.07, 6.45) is 14.6. The summed E-state index contributed by atoms with van der Waals surface area (Å²) in [6.45, 7) is 0. The van der Waals surface area contributed by atoms with Crippen LogP contribution in [0, 0.1) is 11.8 Å². The number of para-hydroxylation sites is 3. The van der Waals surface area contributed by atoms with Crippen molar-refractivity contribution in [2.45, 2.75) is 31.1 Å². The number of fused-ring (bicyclic) bond motifs is 8. The maximum absolute atomic E-state index is 2.57. The third-order valence-corrected chi connectivity index (χ3v) is 13.5. The Morgan fingerprint density at radius 2 is 1.09 bits per heavy atom. The Kier molecular flexibility index (Phi) is 7.26. The van der Waals surface area contributed by atoms with Crippen LogP contribution >= 0.6 is 0 Å². The molecule has 9 aromatic rings. The molecule has 57 heavy (non-hydrogen) atoms. The molecule has 3 atom stereocenters. The summed E-state index contributed by atoms with van der Waals surface area (Å²) in [7, 11) is 0. The van der Waals surface area contributed by atoms with Gasteiger partial charge in [-0.1, -0.05) is 145 Å². The molecule has 3 aliphatic rings. The predicted molar refractivity (Wildman–Crippen MR) is 239 cm³/mol. The van der Waals surface area contributed by atoms with Crippen LogP contribution in [-0.2, 0) is 5.41 Å². The largest absolute Gasteiger partial charge is 0.309 e. The van der Waals surface area contributed by atoms with E-state index < -0.39 is 0 Å². The lowest BCUT2D eigenvalue weighted by Gasteiger charge is -2.41. The Balaban J connectivity index is 1.06. The summed E-state index contributed by atoms with van der Waals surface area (Å²) in [6, 6.07) is 63.5. The van der Waals surface area contributed by atoms with Crippen molar-refractivity contribution in [2.24, 2.45) is 11.8 Å². The molecular formula is C55H42N2. The van der Waals surface area contributed by atoms with Gasteiger partial charge in [0.05, 0.1) is 27.5 Å². The van der Waals surface area contributed by atoms with Crippen molar-refractivity contribution in [2.75, 3.05) is 0 Å². The molecule has 2 heteroatoms. The van der Waals surface area contributed by atoms with E-state index in [9.17, 15) is 0 Å². The summed E-state index contributed by atoms with van der Waals surface area (Å²) >= 11 is 0. The van der Waals surface area contributed by atoms with Gasteiger partial charge in [0.15, 0.2) is 0 Å². The molecule has 0 saturated heterocycles. The van der Waals surface area contributed by atoms with E-state index in [0.717, 1.165) is 12.8 Å². The number of nitrogens with zero attached hydrogens (tertiary/aromatic N) is 2. The minimum atomic E-state index is -0.247. The summed E-state index contributed by atoms with van der Waals surface area (Å²) < 4.78 is 4.91. The van der Waals surface area contributed by atoms with Gasteiger partial charge in [-0.3, -0.25) is 0 Å². The highest BCUT2D eigenvalue weighted by molar-refractivity contribution is 6.12. The van der Waals surface area contributed by atoms with Gasteiger partial charge in [0, 0.05) is 38.8 Å². The molecule has 0 saturated carbocycles. The maximum Gasteiger partial charge on any atom is 0.0547 e. The van der Waals surface area contributed by atoms with Crippen molar-refractivity contribution in [3.63, 3.8) is 0 Å². The molecule has 2 nitrogen and oxygen atoms in total. The molecule has 272 valence electrons. The van der Waals surface area contributed by atoms with Crippen LogP contribution in [0.15, 0.2) is 205 Å². The SMILES string of the molecule is C1=CC2=C(CC1)C1CCC=CC1C2(c1ccccc1)c1cccc(-n2c3ccccc3c3ccc(-c4ccc5c(c4)c4ccccc4n5-c4ccccc4)cc32)c1. The first-order valence-electron chi connectivity index (χ1n) is 20.6. The predicted octanol–water partition coefficient (Wildman–Crippen LogP) is 14.1. The lowest BCUT2D eigenvalue weighted by molar-refractivity contribution is 0.350. The third-order valence-electron chi connectivity index (χ3n) is 13.5. The molecule has 7 aromatic carbocycles. The van der Waals surface area contributed by atoms with E-state index in [2.05, 4.69) is 203 Å². The molecule has 0 fully saturated rings. The molecule has 0 aliphatic heterocycles. The van der Waals surface area contributed by atoms with Crippen molar-refractivity contribution in [3.05, 3.63) is 216 Å². The Labute approximate surface area is 333 Å². The highest BCUT2D eigenvalue weighted by Gasteiger charge is 2.54. The second-order valence-electron chi connectivity index (χ2n) is 16.2. The average Bonchev–Trinajstić information content (AvgIpc) is 3.91. The Morgan fingerprint density at radius 1 is 0.456 bits per heavy atom. The fourth-order valence-corrected chi connectivity index (χ4v) is 11.2. The van der Waals surface area contributed by atoms with E-state index in [-0.39, 0.29) is 5.41 Å². The van der Waals surface area contributed by atoms with Gasteiger partial charge in [-0.05, 0) is 114 Å². The molecule has 2 aromatic heterocycles. The lowest BCUT2D eigenvalue weighted by atomic mass is 9.61. The van der Waals surface area contributed by atoms with E-state index >= 15 is 0 Å². The fourth-order valence-electron chi connectivity index (χ4n) is 11.2. The molecule has 0 spiro atoms. The number of rotatable bonds is 5. The van der Waals surface area contributed by atoms with Crippen LogP contribution in [0.3, 0.4) is 0 Å². The van der Waals surface area contributed by atoms with Crippen molar-refractivity contribution < 1.29 is 0 Å². The van der Waals surface area contributed by atoms with Gasteiger partial charge < -0.3 is 9.13 Å². The average molecular weight is 731 g/mol. The summed E-state index contributed by atoms with van der Waals surface area (Å²) in [5.41, 5.74) is 15.5. The van der Waals surface area contributed by atoms with Crippen LogP contribution in [0.5, 0.6) is 0 Å². The normalized spacial score (nSPS) is 20.2. The van der Waals surface area contributed by atoms with Gasteiger partial charge in [-0.2, -0.15) is 0 Å². The van der Waals surface area contributed by atoms with E-state index in [1.807, 2.05) is 0 Å². The minimum Gasteiger partial charge on any atom is -0.309 e. The molecular weight excluding hydrogens is 689 g/mol. The standard InChI is InChI=1S/C55H42N2/c1-3-16-39(17-4-1)55(49-26-11-7-22-43(49)44-23-8-12-27-50(44)55)40-18-15-21-42(36-40)57-51-28-13-9-24-45(51)47-32-30-38(35-54(47)57)37-31-33-53-48(34-37)46-25-10-14-29-52(46)56(53)41-19-5-2-6-20-41/h1-6,9-21,24-36,43,49H,7-8,22-23H2. The third kappa shape index (κ3) is 4.71. The van der Waals surface area contributed by atoms with Crippen LogP contribution in [0.4, 0.5) is 0 Å². The van der Waals surface area contributed by atoms with Crippen LogP contribution in [-0.4, -0.2) is 9.13 Å². The zero-order chi connectivity index (χ0) is 37.5. The Morgan fingerprint density at radius 3 is 1.91 bits per heavy atom. The molecule has 0 amide bonds. The molecule has 2 heterocycles. The van der Waals surface area contributed by atoms with Crippen LogP contribution in [0.25, 0.3) is 66.1 Å². The van der Waals surface area contributed by atoms with Crippen LogP contribution in [0.1, 0.15) is 36.8 Å². The first-order chi connectivity index (χ1) is 28.3. The molecule has 12 rings (SSSR count). The minimum absolute atomic E-state index is 0.247. The van der Waals surface area contributed by atoms with Gasteiger partial charge in [0.2, 0.25) is 0 Å². The zero-order valence-electron chi connectivity index (χ0n) is 31.9. The van der Waals surface area contributed by atoms with Crippen molar-refractivity contribution >= 4 is 43.6 Å². The number of hydrogen-bond acceptors (Lipinski definition) is 0. The monoisotopic (exact) mass is 730 g/mol. The smallest absolute Gasteiger partial charge is 0.0547 e. The summed E-state index contributed by atoms with van der Waals surface area (Å²) in [5, 5.41) is 5.09. The first-order valence-corrected chi connectivity index (χ1v) is 20.6.